The highest BCUT2D eigenvalue weighted by molar-refractivity contribution is 6.34. The Balaban J connectivity index is 1.38. The topological polar surface area (TPSA) is 89.9 Å². The van der Waals surface area contributed by atoms with E-state index in [2.05, 4.69) is 5.32 Å². The second kappa shape index (κ2) is 9.71. The minimum atomic E-state index is -4.59. The number of anilines is 2. The van der Waals surface area contributed by atoms with Gasteiger partial charge in [0.15, 0.2) is 0 Å². The summed E-state index contributed by atoms with van der Waals surface area (Å²) in [6, 6.07) is 21.6. The molecular weight excluding hydrogens is 533 g/mol. The van der Waals surface area contributed by atoms with E-state index in [1.807, 2.05) is 24.3 Å². The summed E-state index contributed by atoms with van der Waals surface area (Å²) in [6.45, 7) is 0. The Kier molecular flexibility index (Phi) is 6.14. The lowest BCUT2D eigenvalue weighted by molar-refractivity contribution is -0.137. The van der Waals surface area contributed by atoms with Crippen LogP contribution in [0.15, 0.2) is 96.8 Å². The molecule has 1 aliphatic heterocycles. The summed E-state index contributed by atoms with van der Waals surface area (Å²) in [4.78, 5) is 26.4. The van der Waals surface area contributed by atoms with E-state index in [9.17, 15) is 33.0 Å². The number of phenolic OH excluding ortho intramolecular Hbond substituents is 1. The van der Waals surface area contributed by atoms with Gasteiger partial charge in [-0.3, -0.25) is 9.69 Å². The molecule has 6 nitrogen and oxygen atoms in total. The molecule has 204 valence electrons. The summed E-state index contributed by atoms with van der Waals surface area (Å²) in [7, 11) is 0. The molecule has 1 amide bonds. The molecule has 9 heteroatoms. The van der Waals surface area contributed by atoms with Crippen molar-refractivity contribution >= 4 is 34.9 Å². The van der Waals surface area contributed by atoms with E-state index in [4.69, 9.17) is 0 Å². The minimum Gasteiger partial charge on any atom is -0.505 e. The largest absolute Gasteiger partial charge is 0.505 e. The van der Waals surface area contributed by atoms with E-state index >= 15 is 0 Å². The van der Waals surface area contributed by atoms with Crippen LogP contribution in [0.4, 0.5) is 24.5 Å². The number of amides is 1. The van der Waals surface area contributed by atoms with Crippen LogP contribution in [0.25, 0.3) is 22.8 Å². The number of aromatic carboxylic acids is 1. The monoisotopic (exact) mass is 554 g/mol. The normalized spacial score (nSPS) is 15.1. The molecule has 0 fully saturated rings. The number of nitrogens with zero attached hydrogens (tertiary/aromatic N) is 1. The molecule has 1 aliphatic carbocycles. The van der Waals surface area contributed by atoms with Gasteiger partial charge in [0.1, 0.15) is 5.75 Å². The van der Waals surface area contributed by atoms with Crippen molar-refractivity contribution in [3.8, 4) is 16.9 Å². The number of fused-ring (bicyclic) bond motifs is 2. The number of phenols is 1. The molecule has 3 N–H and O–H groups in total. The molecule has 0 saturated carbocycles. The molecule has 0 atom stereocenters. The Bertz CT molecular complexity index is 1810. The zero-order valence-corrected chi connectivity index (χ0v) is 21.2. The number of nitrogens with one attached hydrogen (secondary N) is 1. The Morgan fingerprint density at radius 3 is 2.46 bits per heavy atom. The average molecular weight is 555 g/mol. The molecule has 2 aliphatic rings. The number of para-hydroxylation sites is 1. The number of hydrogen-bond donors (Lipinski definition) is 3. The summed E-state index contributed by atoms with van der Waals surface area (Å²) >= 11 is 0. The van der Waals surface area contributed by atoms with Gasteiger partial charge in [0.05, 0.1) is 28.1 Å². The number of aromatic hydroxyl groups is 1. The molecule has 0 radical (unpaired) electrons. The van der Waals surface area contributed by atoms with Gasteiger partial charge in [0.2, 0.25) is 0 Å². The van der Waals surface area contributed by atoms with E-state index in [0.29, 0.717) is 28.8 Å². The van der Waals surface area contributed by atoms with Gasteiger partial charge in [-0.25, -0.2) is 4.79 Å². The number of carbonyl (C=O) groups is 2. The van der Waals surface area contributed by atoms with Crippen molar-refractivity contribution in [2.24, 2.45) is 0 Å². The van der Waals surface area contributed by atoms with Crippen molar-refractivity contribution in [1.82, 2.24) is 0 Å². The summed E-state index contributed by atoms with van der Waals surface area (Å²) in [5.74, 6) is -1.80. The first-order valence-corrected chi connectivity index (χ1v) is 12.6. The van der Waals surface area contributed by atoms with Crippen LogP contribution in [0.2, 0.25) is 0 Å². The lowest BCUT2D eigenvalue weighted by Crippen LogP contribution is -2.26. The van der Waals surface area contributed by atoms with Gasteiger partial charge < -0.3 is 15.5 Å². The summed E-state index contributed by atoms with van der Waals surface area (Å²) < 4.78 is 40.9. The Morgan fingerprint density at radius 1 is 0.927 bits per heavy atom. The minimum absolute atomic E-state index is 0.0530. The highest BCUT2D eigenvalue weighted by Crippen LogP contribution is 2.45. The molecule has 1 heterocycles. The molecular formula is C32H21F3N2O4. The van der Waals surface area contributed by atoms with Gasteiger partial charge in [0.25, 0.3) is 5.91 Å². The van der Waals surface area contributed by atoms with Crippen LogP contribution in [0, 0.1) is 0 Å². The number of benzene rings is 4. The molecule has 4 aromatic rings. The number of halogens is 3. The van der Waals surface area contributed by atoms with Crippen molar-refractivity contribution in [2.75, 3.05) is 10.2 Å². The number of carboxylic acid groups (broad SMARTS) is 1. The first-order chi connectivity index (χ1) is 19.6. The predicted octanol–water partition coefficient (Wildman–Crippen LogP) is 7.17. The fraction of sp³-hybridized carbons (Fsp3) is 0.0625. The molecule has 0 bridgehead atoms. The molecule has 6 rings (SSSR count). The van der Waals surface area contributed by atoms with Crippen LogP contribution in [0.5, 0.6) is 5.75 Å². The molecule has 0 saturated heterocycles. The molecule has 41 heavy (non-hydrogen) atoms. The predicted molar refractivity (Wildman–Crippen MR) is 149 cm³/mol. The number of carboxylic acids is 1. The van der Waals surface area contributed by atoms with Gasteiger partial charge >= 0.3 is 12.1 Å². The van der Waals surface area contributed by atoms with E-state index in [0.717, 1.165) is 23.3 Å². The number of alkyl halides is 3. The molecule has 0 spiro atoms. The van der Waals surface area contributed by atoms with E-state index in [1.54, 1.807) is 36.4 Å². The van der Waals surface area contributed by atoms with Gasteiger partial charge in [0, 0.05) is 29.4 Å². The fourth-order valence-electron chi connectivity index (χ4n) is 5.16. The van der Waals surface area contributed by atoms with Crippen LogP contribution in [-0.2, 0) is 17.4 Å². The maximum Gasteiger partial charge on any atom is 0.416 e. The lowest BCUT2D eigenvalue weighted by atomic mass is 10.0. The lowest BCUT2D eigenvalue weighted by Gasteiger charge is -2.19. The fourth-order valence-corrected chi connectivity index (χ4v) is 5.16. The zero-order chi connectivity index (χ0) is 28.9. The summed E-state index contributed by atoms with van der Waals surface area (Å²) in [6.07, 6.45) is -1.04. The third-order valence-electron chi connectivity index (χ3n) is 7.15. The van der Waals surface area contributed by atoms with Crippen molar-refractivity contribution in [3.63, 3.8) is 0 Å². The van der Waals surface area contributed by atoms with E-state index < -0.39 is 23.6 Å². The van der Waals surface area contributed by atoms with E-state index in [-0.39, 0.29) is 28.3 Å². The maximum atomic E-state index is 13.7. The van der Waals surface area contributed by atoms with E-state index in [1.165, 1.54) is 29.3 Å². The van der Waals surface area contributed by atoms with Gasteiger partial charge in [-0.1, -0.05) is 54.6 Å². The Labute approximate surface area is 232 Å². The Hall–Kier alpha value is -5.31. The second-order valence-electron chi connectivity index (χ2n) is 9.67. The van der Waals surface area contributed by atoms with Gasteiger partial charge in [-0.05, 0) is 53.1 Å². The SMILES string of the molecule is O=C(O)c1cccc(-c2cccc(N/C=C3\C(=O)N(C4=Cc5ccccc5C4)c4cc(C(F)(F)F)ccc43)c2O)c1. The quantitative estimate of drug-likeness (QED) is 0.180. The first kappa shape index (κ1) is 25.9. The summed E-state index contributed by atoms with van der Waals surface area (Å²) in [5.41, 5.74) is 3.23. The second-order valence-corrected chi connectivity index (χ2v) is 9.67. The van der Waals surface area contributed by atoms with Crippen LogP contribution < -0.4 is 10.2 Å². The molecule has 0 aromatic heterocycles. The third-order valence-corrected chi connectivity index (χ3v) is 7.15. The highest BCUT2D eigenvalue weighted by atomic mass is 19.4. The average Bonchev–Trinajstić information content (AvgIpc) is 3.49. The van der Waals surface area contributed by atoms with Crippen LogP contribution >= 0.6 is 0 Å². The van der Waals surface area contributed by atoms with Gasteiger partial charge in [-0.2, -0.15) is 13.2 Å². The van der Waals surface area contributed by atoms with Crippen molar-refractivity contribution in [1.29, 1.82) is 0 Å². The third kappa shape index (κ3) is 4.61. The van der Waals surface area contributed by atoms with Crippen molar-refractivity contribution in [3.05, 3.63) is 125 Å². The van der Waals surface area contributed by atoms with Crippen molar-refractivity contribution < 1.29 is 33.0 Å². The maximum absolute atomic E-state index is 13.7. The summed E-state index contributed by atoms with van der Waals surface area (Å²) in [5, 5.41) is 23.2. The zero-order valence-electron chi connectivity index (χ0n) is 21.2. The standard InChI is InChI=1S/C32H21F3N2O4/c33-32(34,35)22-11-12-25-26(30(39)37(28(25)16-22)23-14-18-5-1-2-6-19(18)15-23)17-36-27-10-4-9-24(29(27)38)20-7-3-8-21(13-20)31(40)41/h1-14,16-17,36,38H,15H2,(H,40,41)/b26-17-. The smallest absolute Gasteiger partial charge is 0.416 e. The number of rotatable bonds is 5. The molecule has 0 unspecified atom stereocenters. The first-order valence-electron chi connectivity index (χ1n) is 12.6. The van der Waals surface area contributed by atoms with Crippen LogP contribution in [-0.4, -0.2) is 22.1 Å². The van der Waals surface area contributed by atoms with Crippen LogP contribution in [0.1, 0.15) is 32.6 Å². The molecule has 4 aromatic carbocycles. The van der Waals surface area contributed by atoms with Crippen LogP contribution in [0.3, 0.4) is 0 Å². The number of allylic oxidation sites excluding steroid dienone is 1. The number of carbonyl (C=O) groups excluding carboxylic acids is 1. The van der Waals surface area contributed by atoms with Gasteiger partial charge in [-0.15, -0.1) is 0 Å². The highest BCUT2D eigenvalue weighted by Gasteiger charge is 2.39. The number of hydrogen-bond acceptors (Lipinski definition) is 4. The van der Waals surface area contributed by atoms with Crippen molar-refractivity contribution in [2.45, 2.75) is 12.6 Å². The Morgan fingerprint density at radius 2 is 1.71 bits per heavy atom.